The first-order valence-electron chi connectivity index (χ1n) is 10.5. The van der Waals surface area contributed by atoms with Gasteiger partial charge in [-0.05, 0) is 30.9 Å². The Bertz CT molecular complexity index is 974. The SMILES string of the molecule is O=C(CCc1ccccc1)N1CCC2(CC1)SCCN2C(=O)c1cccc([N+](=O)[O-])c1. The topological polar surface area (TPSA) is 83.8 Å². The molecule has 0 N–H and O–H groups in total. The Morgan fingerprint density at radius 1 is 1.03 bits per heavy atom. The lowest BCUT2D eigenvalue weighted by molar-refractivity contribution is -0.384. The molecule has 2 fully saturated rings. The van der Waals surface area contributed by atoms with Gasteiger partial charge in [-0.1, -0.05) is 36.4 Å². The summed E-state index contributed by atoms with van der Waals surface area (Å²) in [6, 6.07) is 15.9. The second kappa shape index (κ2) is 9.09. The van der Waals surface area contributed by atoms with Crippen LogP contribution >= 0.6 is 11.8 Å². The maximum absolute atomic E-state index is 13.2. The quantitative estimate of drug-likeness (QED) is 0.524. The molecule has 2 saturated heterocycles. The van der Waals surface area contributed by atoms with Gasteiger partial charge in [-0.25, -0.2) is 0 Å². The number of nitro benzene ring substituents is 1. The monoisotopic (exact) mass is 439 g/mol. The second-order valence-electron chi connectivity index (χ2n) is 7.93. The Hall–Kier alpha value is -2.87. The van der Waals surface area contributed by atoms with E-state index in [-0.39, 0.29) is 22.4 Å². The number of nitrogens with zero attached hydrogens (tertiary/aromatic N) is 3. The summed E-state index contributed by atoms with van der Waals surface area (Å²) in [6.45, 7) is 1.87. The van der Waals surface area contributed by atoms with E-state index in [2.05, 4.69) is 0 Å². The third-order valence-electron chi connectivity index (χ3n) is 6.09. The van der Waals surface area contributed by atoms with Crippen LogP contribution in [0.4, 0.5) is 5.69 Å². The predicted molar refractivity (Wildman–Crippen MR) is 120 cm³/mol. The van der Waals surface area contributed by atoms with Crippen LogP contribution in [-0.2, 0) is 11.2 Å². The van der Waals surface area contributed by atoms with Crippen LogP contribution in [0.15, 0.2) is 54.6 Å². The van der Waals surface area contributed by atoms with Crippen LogP contribution in [0.3, 0.4) is 0 Å². The second-order valence-corrected chi connectivity index (χ2v) is 9.38. The van der Waals surface area contributed by atoms with Gasteiger partial charge < -0.3 is 9.80 Å². The van der Waals surface area contributed by atoms with Crippen LogP contribution in [0.2, 0.25) is 0 Å². The zero-order chi connectivity index (χ0) is 21.8. The first kappa shape index (κ1) is 21.4. The van der Waals surface area contributed by atoms with Crippen LogP contribution in [0, 0.1) is 10.1 Å². The smallest absolute Gasteiger partial charge is 0.270 e. The summed E-state index contributed by atoms with van der Waals surface area (Å²) in [5.41, 5.74) is 1.42. The lowest BCUT2D eigenvalue weighted by Gasteiger charge is -2.44. The van der Waals surface area contributed by atoms with Crippen LogP contribution in [-0.4, -0.2) is 56.8 Å². The number of amides is 2. The van der Waals surface area contributed by atoms with Crippen LogP contribution < -0.4 is 0 Å². The molecule has 1 spiro atoms. The van der Waals surface area contributed by atoms with Crippen molar-refractivity contribution in [3.05, 3.63) is 75.8 Å². The van der Waals surface area contributed by atoms with Gasteiger partial charge in [0.25, 0.3) is 11.6 Å². The van der Waals surface area contributed by atoms with Crippen LogP contribution in [0.5, 0.6) is 0 Å². The van der Waals surface area contributed by atoms with E-state index >= 15 is 0 Å². The average Bonchev–Trinajstić information content (AvgIpc) is 3.21. The summed E-state index contributed by atoms with van der Waals surface area (Å²) in [5.74, 6) is 0.818. The molecule has 0 aliphatic carbocycles. The highest BCUT2D eigenvalue weighted by molar-refractivity contribution is 8.00. The molecule has 2 heterocycles. The van der Waals surface area contributed by atoms with Crippen LogP contribution in [0.1, 0.15) is 35.2 Å². The summed E-state index contributed by atoms with van der Waals surface area (Å²) in [5, 5.41) is 11.1. The lowest BCUT2D eigenvalue weighted by atomic mass is 10.00. The summed E-state index contributed by atoms with van der Waals surface area (Å²) in [7, 11) is 0. The molecular weight excluding hydrogens is 414 g/mol. The number of piperidine rings is 1. The first-order chi connectivity index (χ1) is 15.0. The van der Waals surface area contributed by atoms with Crippen molar-refractivity contribution in [3.63, 3.8) is 0 Å². The standard InChI is InChI=1S/C23H25N3O4S/c27-21(10-9-18-5-2-1-3-6-18)24-13-11-23(12-14-24)25(15-16-31-23)22(28)19-7-4-8-20(17-19)26(29)30/h1-8,17H,9-16H2. The summed E-state index contributed by atoms with van der Waals surface area (Å²) in [6.07, 6.45) is 2.65. The number of carbonyl (C=O) groups is 2. The Labute approximate surface area is 185 Å². The molecule has 162 valence electrons. The van der Waals surface area contributed by atoms with Crippen molar-refractivity contribution < 1.29 is 14.5 Å². The normalized spacial score (nSPS) is 17.7. The fourth-order valence-electron chi connectivity index (χ4n) is 4.38. The number of rotatable bonds is 5. The van der Waals surface area contributed by atoms with Gasteiger partial charge in [-0.3, -0.25) is 19.7 Å². The van der Waals surface area contributed by atoms with E-state index in [1.807, 2.05) is 40.1 Å². The van der Waals surface area contributed by atoms with Gasteiger partial charge in [0.05, 0.1) is 9.79 Å². The summed E-state index contributed by atoms with van der Waals surface area (Å²) in [4.78, 5) is 39.9. The minimum absolute atomic E-state index is 0.0782. The number of hydrogen-bond donors (Lipinski definition) is 0. The number of benzene rings is 2. The highest BCUT2D eigenvalue weighted by Crippen LogP contribution is 2.44. The predicted octanol–water partition coefficient (Wildman–Crippen LogP) is 3.74. The number of likely N-dealkylation sites (tertiary alicyclic amines) is 1. The molecular formula is C23H25N3O4S. The molecule has 7 nitrogen and oxygen atoms in total. The van der Waals surface area contributed by atoms with Gasteiger partial charge in [0.2, 0.25) is 5.91 Å². The number of thioether (sulfide) groups is 1. The van der Waals surface area contributed by atoms with Gasteiger partial charge in [0.1, 0.15) is 0 Å². The van der Waals surface area contributed by atoms with Gasteiger partial charge in [0.15, 0.2) is 0 Å². The third-order valence-corrected chi connectivity index (χ3v) is 7.65. The van der Waals surface area contributed by atoms with Crippen LogP contribution in [0.25, 0.3) is 0 Å². The highest BCUT2D eigenvalue weighted by Gasteiger charge is 2.47. The van der Waals surface area contributed by atoms with E-state index in [1.54, 1.807) is 23.9 Å². The molecule has 0 saturated carbocycles. The maximum atomic E-state index is 13.2. The molecule has 2 aliphatic heterocycles. The molecule has 2 amide bonds. The van der Waals surface area contributed by atoms with Crippen molar-refractivity contribution >= 4 is 29.3 Å². The van der Waals surface area contributed by atoms with Crippen molar-refractivity contribution in [1.82, 2.24) is 9.80 Å². The van der Waals surface area contributed by atoms with Crippen molar-refractivity contribution in [3.8, 4) is 0 Å². The molecule has 2 aliphatic rings. The first-order valence-corrected chi connectivity index (χ1v) is 11.5. The van der Waals surface area contributed by atoms with Crippen molar-refractivity contribution in [2.75, 3.05) is 25.4 Å². The van der Waals surface area contributed by atoms with Gasteiger partial charge in [0, 0.05) is 49.5 Å². The number of carbonyl (C=O) groups excluding carboxylic acids is 2. The number of aryl methyl sites for hydroxylation is 1. The highest BCUT2D eigenvalue weighted by atomic mass is 32.2. The molecule has 0 radical (unpaired) electrons. The Balaban J connectivity index is 1.39. The van der Waals surface area contributed by atoms with E-state index < -0.39 is 4.92 Å². The molecule has 0 unspecified atom stereocenters. The van der Waals surface area contributed by atoms with Gasteiger partial charge in [-0.15, -0.1) is 11.8 Å². The molecule has 4 rings (SSSR count). The fourth-order valence-corrected chi connectivity index (χ4v) is 5.83. The summed E-state index contributed by atoms with van der Waals surface area (Å²) >= 11 is 1.76. The molecule has 2 aromatic carbocycles. The van der Waals surface area contributed by atoms with Gasteiger partial charge >= 0.3 is 0 Å². The molecule has 0 aromatic heterocycles. The van der Waals surface area contributed by atoms with Gasteiger partial charge in [-0.2, -0.15) is 0 Å². The van der Waals surface area contributed by atoms with Crippen molar-refractivity contribution in [2.45, 2.75) is 30.6 Å². The Morgan fingerprint density at radius 2 is 1.77 bits per heavy atom. The van der Waals surface area contributed by atoms with E-state index in [1.165, 1.54) is 12.1 Å². The molecule has 0 atom stereocenters. The number of non-ortho nitro benzene ring substituents is 1. The van der Waals surface area contributed by atoms with Crippen molar-refractivity contribution in [1.29, 1.82) is 0 Å². The van der Waals surface area contributed by atoms with Crippen molar-refractivity contribution in [2.24, 2.45) is 0 Å². The molecule has 2 aromatic rings. The largest absolute Gasteiger partial charge is 0.342 e. The van der Waals surface area contributed by atoms with E-state index in [4.69, 9.17) is 0 Å². The molecule has 31 heavy (non-hydrogen) atoms. The minimum atomic E-state index is -0.481. The minimum Gasteiger partial charge on any atom is -0.342 e. The zero-order valence-electron chi connectivity index (χ0n) is 17.2. The number of hydrogen-bond acceptors (Lipinski definition) is 5. The van der Waals surface area contributed by atoms with E-state index in [0.717, 1.165) is 30.6 Å². The number of nitro groups is 1. The van der Waals surface area contributed by atoms with E-state index in [9.17, 15) is 19.7 Å². The fraction of sp³-hybridized carbons (Fsp3) is 0.391. The molecule has 8 heteroatoms. The Kier molecular flexibility index (Phi) is 6.27. The average molecular weight is 440 g/mol. The summed E-state index contributed by atoms with van der Waals surface area (Å²) < 4.78 is 0. The Morgan fingerprint density at radius 3 is 2.48 bits per heavy atom. The third kappa shape index (κ3) is 4.58. The lowest BCUT2D eigenvalue weighted by Crippen LogP contribution is -2.53. The maximum Gasteiger partial charge on any atom is 0.270 e. The molecule has 0 bridgehead atoms. The van der Waals surface area contributed by atoms with E-state index in [0.29, 0.717) is 31.6 Å². The zero-order valence-corrected chi connectivity index (χ0v) is 18.1.